The van der Waals surface area contributed by atoms with Crippen LogP contribution in [-0.2, 0) is 6.42 Å². The second kappa shape index (κ2) is 5.48. The molecule has 2 rings (SSSR count). The van der Waals surface area contributed by atoms with Gasteiger partial charge in [-0.15, -0.1) is 0 Å². The number of nitrogens with one attached hydrogen (secondary N) is 1. The molecular formula is C15H18N2. The molecule has 0 unspecified atom stereocenters. The number of anilines is 1. The lowest BCUT2D eigenvalue weighted by Gasteiger charge is -2.11. The molecule has 1 aromatic heterocycles. The zero-order valence-electron chi connectivity index (χ0n) is 10.4. The monoisotopic (exact) mass is 226 g/mol. The quantitative estimate of drug-likeness (QED) is 0.864. The fourth-order valence-corrected chi connectivity index (χ4v) is 1.96. The summed E-state index contributed by atoms with van der Waals surface area (Å²) in [4.78, 5) is 4.17. The number of rotatable bonds is 4. The predicted molar refractivity (Wildman–Crippen MR) is 72.3 cm³/mol. The Balaban J connectivity index is 1.95. The number of nitrogens with zero attached hydrogens (tertiary/aromatic N) is 1. The molecule has 1 aromatic carbocycles. The summed E-state index contributed by atoms with van der Waals surface area (Å²) in [7, 11) is 0. The Labute approximate surface area is 103 Å². The fourth-order valence-electron chi connectivity index (χ4n) is 1.96. The van der Waals surface area contributed by atoms with Crippen LogP contribution in [0.2, 0.25) is 0 Å². The van der Waals surface area contributed by atoms with Crippen LogP contribution >= 0.6 is 0 Å². The first-order valence-electron chi connectivity index (χ1n) is 5.96. The van der Waals surface area contributed by atoms with E-state index < -0.39 is 0 Å². The molecular weight excluding hydrogens is 208 g/mol. The molecule has 0 bridgehead atoms. The molecule has 1 N–H and O–H groups in total. The molecule has 0 saturated carbocycles. The first-order valence-corrected chi connectivity index (χ1v) is 5.96. The summed E-state index contributed by atoms with van der Waals surface area (Å²) in [5, 5.41) is 3.49. The van der Waals surface area contributed by atoms with Gasteiger partial charge in [0.25, 0.3) is 0 Å². The van der Waals surface area contributed by atoms with Crippen molar-refractivity contribution in [3.8, 4) is 0 Å². The van der Waals surface area contributed by atoms with Crippen LogP contribution in [0.15, 0.2) is 42.7 Å². The summed E-state index contributed by atoms with van der Waals surface area (Å²) in [6.07, 6.45) is 4.84. The molecule has 2 heteroatoms. The Morgan fingerprint density at radius 1 is 1.00 bits per heavy atom. The zero-order valence-corrected chi connectivity index (χ0v) is 10.4. The van der Waals surface area contributed by atoms with E-state index in [-0.39, 0.29) is 0 Å². The average molecular weight is 226 g/mol. The minimum absolute atomic E-state index is 0.954. The van der Waals surface area contributed by atoms with Crippen molar-refractivity contribution in [3.63, 3.8) is 0 Å². The zero-order chi connectivity index (χ0) is 12.1. The molecule has 17 heavy (non-hydrogen) atoms. The van der Waals surface area contributed by atoms with E-state index in [4.69, 9.17) is 0 Å². The summed E-state index contributed by atoms with van der Waals surface area (Å²) < 4.78 is 0. The van der Waals surface area contributed by atoms with Crippen molar-refractivity contribution in [2.45, 2.75) is 20.3 Å². The minimum atomic E-state index is 0.954. The number of benzene rings is 1. The van der Waals surface area contributed by atoms with Crippen LogP contribution in [0.4, 0.5) is 5.69 Å². The van der Waals surface area contributed by atoms with Gasteiger partial charge < -0.3 is 5.32 Å². The van der Waals surface area contributed by atoms with E-state index in [2.05, 4.69) is 48.4 Å². The predicted octanol–water partition coefficient (Wildman–Crippen LogP) is 3.35. The molecule has 1 heterocycles. The van der Waals surface area contributed by atoms with Crippen LogP contribution in [0.25, 0.3) is 0 Å². The van der Waals surface area contributed by atoms with Crippen molar-refractivity contribution in [2.24, 2.45) is 0 Å². The van der Waals surface area contributed by atoms with E-state index in [0.717, 1.165) is 13.0 Å². The van der Waals surface area contributed by atoms with Crippen molar-refractivity contribution in [1.29, 1.82) is 0 Å². The van der Waals surface area contributed by atoms with Gasteiger partial charge in [-0.2, -0.15) is 0 Å². The molecule has 0 aliphatic rings. The highest BCUT2D eigenvalue weighted by atomic mass is 14.9. The Morgan fingerprint density at radius 2 is 1.65 bits per heavy atom. The Morgan fingerprint density at radius 3 is 2.29 bits per heavy atom. The molecule has 0 radical (unpaired) electrons. The first kappa shape index (κ1) is 11.6. The van der Waals surface area contributed by atoms with Gasteiger partial charge >= 0.3 is 0 Å². The summed E-state index contributed by atoms with van der Waals surface area (Å²) in [6, 6.07) is 10.5. The third-order valence-corrected chi connectivity index (χ3v) is 2.88. The molecule has 0 aliphatic heterocycles. The van der Waals surface area contributed by atoms with E-state index in [1.807, 2.05) is 18.5 Å². The van der Waals surface area contributed by atoms with Gasteiger partial charge in [-0.1, -0.05) is 30.3 Å². The van der Waals surface area contributed by atoms with Crippen LogP contribution in [-0.4, -0.2) is 11.5 Å². The van der Waals surface area contributed by atoms with E-state index in [1.54, 1.807) is 0 Å². The van der Waals surface area contributed by atoms with Crippen LogP contribution in [0, 0.1) is 13.8 Å². The number of hydrogen-bond acceptors (Lipinski definition) is 2. The lowest BCUT2D eigenvalue weighted by atomic mass is 10.1. The molecule has 0 fully saturated rings. The number of hydrogen-bond donors (Lipinski definition) is 1. The summed E-state index contributed by atoms with van der Waals surface area (Å²) >= 11 is 0. The maximum Gasteiger partial charge on any atom is 0.0430 e. The normalized spacial score (nSPS) is 10.2. The lowest BCUT2D eigenvalue weighted by Crippen LogP contribution is -2.07. The summed E-state index contributed by atoms with van der Waals surface area (Å²) in [5.41, 5.74) is 5.00. The molecule has 0 aliphatic carbocycles. The average Bonchev–Trinajstić information content (AvgIpc) is 2.34. The molecule has 0 amide bonds. The topological polar surface area (TPSA) is 24.9 Å². The van der Waals surface area contributed by atoms with E-state index in [9.17, 15) is 0 Å². The van der Waals surface area contributed by atoms with Crippen molar-refractivity contribution in [3.05, 3.63) is 59.4 Å². The third-order valence-electron chi connectivity index (χ3n) is 2.88. The van der Waals surface area contributed by atoms with Gasteiger partial charge in [-0.05, 0) is 37.0 Å². The Bertz CT molecular complexity index is 457. The number of aryl methyl sites for hydroxylation is 2. The summed E-state index contributed by atoms with van der Waals surface area (Å²) in [6.45, 7) is 5.13. The van der Waals surface area contributed by atoms with Crippen molar-refractivity contribution >= 4 is 5.69 Å². The van der Waals surface area contributed by atoms with Gasteiger partial charge in [-0.25, -0.2) is 0 Å². The maximum atomic E-state index is 4.17. The first-order chi connectivity index (χ1) is 8.27. The van der Waals surface area contributed by atoms with E-state index in [0.29, 0.717) is 0 Å². The Hall–Kier alpha value is -1.83. The highest BCUT2D eigenvalue weighted by Crippen LogP contribution is 2.17. The fraction of sp³-hybridized carbons (Fsp3) is 0.267. The van der Waals surface area contributed by atoms with Gasteiger partial charge in [0.15, 0.2) is 0 Å². The van der Waals surface area contributed by atoms with Crippen molar-refractivity contribution in [2.75, 3.05) is 11.9 Å². The second-order valence-corrected chi connectivity index (χ2v) is 4.31. The molecule has 2 nitrogen and oxygen atoms in total. The van der Waals surface area contributed by atoms with Crippen molar-refractivity contribution in [1.82, 2.24) is 4.98 Å². The molecule has 0 atom stereocenters. The third kappa shape index (κ3) is 3.06. The van der Waals surface area contributed by atoms with E-state index in [1.165, 1.54) is 22.4 Å². The van der Waals surface area contributed by atoms with Crippen LogP contribution in [0.5, 0.6) is 0 Å². The Kier molecular flexibility index (Phi) is 3.76. The SMILES string of the molecule is Cc1cncc(C)c1NCCc1ccccc1. The number of pyridine rings is 1. The standard InChI is InChI=1S/C15H18N2/c1-12-10-16-11-13(2)15(12)17-9-8-14-6-4-3-5-7-14/h3-7,10-11H,8-9H2,1-2H3,(H,16,17). The molecule has 0 spiro atoms. The van der Waals surface area contributed by atoms with E-state index >= 15 is 0 Å². The van der Waals surface area contributed by atoms with Gasteiger partial charge in [0.2, 0.25) is 0 Å². The van der Waals surface area contributed by atoms with Gasteiger partial charge in [0, 0.05) is 24.6 Å². The van der Waals surface area contributed by atoms with Gasteiger partial charge in [0.05, 0.1) is 0 Å². The molecule has 0 saturated heterocycles. The van der Waals surface area contributed by atoms with Crippen molar-refractivity contribution < 1.29 is 0 Å². The maximum absolute atomic E-state index is 4.17. The van der Waals surface area contributed by atoms with Gasteiger partial charge in [-0.3, -0.25) is 4.98 Å². The molecule has 2 aromatic rings. The summed E-state index contributed by atoms with van der Waals surface area (Å²) in [5.74, 6) is 0. The second-order valence-electron chi connectivity index (χ2n) is 4.31. The van der Waals surface area contributed by atoms with Crippen LogP contribution in [0.3, 0.4) is 0 Å². The van der Waals surface area contributed by atoms with Gasteiger partial charge in [0.1, 0.15) is 0 Å². The highest BCUT2D eigenvalue weighted by molar-refractivity contribution is 5.54. The molecule has 88 valence electrons. The minimum Gasteiger partial charge on any atom is -0.384 e. The van der Waals surface area contributed by atoms with Crippen LogP contribution in [0.1, 0.15) is 16.7 Å². The smallest absolute Gasteiger partial charge is 0.0430 e. The number of aromatic nitrogens is 1. The highest BCUT2D eigenvalue weighted by Gasteiger charge is 2.01. The largest absolute Gasteiger partial charge is 0.384 e. The van der Waals surface area contributed by atoms with Crippen LogP contribution < -0.4 is 5.32 Å². The lowest BCUT2D eigenvalue weighted by molar-refractivity contribution is 1.01.